The Morgan fingerprint density at radius 3 is 2.85 bits per heavy atom. The van der Waals surface area contributed by atoms with Crippen molar-refractivity contribution < 1.29 is 14.6 Å². The first-order chi connectivity index (χ1) is 9.52. The molecule has 0 aromatic carbocycles. The summed E-state index contributed by atoms with van der Waals surface area (Å²) in [5.41, 5.74) is 0.840. The molecule has 0 bridgehead atoms. The number of aromatic nitrogens is 3. The molecule has 2 atom stereocenters. The van der Waals surface area contributed by atoms with Crippen LogP contribution in [-0.2, 0) is 11.2 Å². The van der Waals surface area contributed by atoms with E-state index in [-0.39, 0.29) is 17.8 Å². The van der Waals surface area contributed by atoms with Crippen molar-refractivity contribution in [2.24, 2.45) is 5.92 Å². The summed E-state index contributed by atoms with van der Waals surface area (Å²) in [6.45, 7) is 4.14. The second-order valence-corrected chi connectivity index (χ2v) is 5.91. The van der Waals surface area contributed by atoms with Gasteiger partial charge in [-0.2, -0.15) is 0 Å². The number of methoxy groups -OCH3 is 1. The summed E-state index contributed by atoms with van der Waals surface area (Å²) >= 11 is 0. The quantitative estimate of drug-likeness (QED) is 0.896. The SMILES string of the molecule is COC1CCCC(n2nnc(C(=O)O)c2CC(C)C)C1. The summed E-state index contributed by atoms with van der Waals surface area (Å²) in [7, 11) is 1.73. The molecule has 6 heteroatoms. The molecule has 0 radical (unpaired) electrons. The van der Waals surface area contributed by atoms with E-state index < -0.39 is 5.97 Å². The van der Waals surface area contributed by atoms with E-state index in [0.717, 1.165) is 31.4 Å². The smallest absolute Gasteiger partial charge is 0.358 e. The molecule has 1 heterocycles. The minimum Gasteiger partial charge on any atom is -0.476 e. The van der Waals surface area contributed by atoms with Crippen LogP contribution in [0.2, 0.25) is 0 Å². The lowest BCUT2D eigenvalue weighted by molar-refractivity contribution is 0.0498. The summed E-state index contributed by atoms with van der Waals surface area (Å²) in [4.78, 5) is 11.3. The molecule has 2 unspecified atom stereocenters. The van der Waals surface area contributed by atoms with Crippen LogP contribution in [0.15, 0.2) is 0 Å². The maximum Gasteiger partial charge on any atom is 0.358 e. The lowest BCUT2D eigenvalue weighted by atomic mass is 9.92. The number of carboxylic acids is 1. The van der Waals surface area contributed by atoms with E-state index in [2.05, 4.69) is 24.2 Å². The van der Waals surface area contributed by atoms with Gasteiger partial charge in [-0.15, -0.1) is 5.10 Å². The molecular weight excluding hydrogens is 258 g/mol. The Kier molecular flexibility index (Phi) is 4.75. The van der Waals surface area contributed by atoms with Crippen molar-refractivity contribution >= 4 is 5.97 Å². The van der Waals surface area contributed by atoms with E-state index in [9.17, 15) is 9.90 Å². The van der Waals surface area contributed by atoms with Gasteiger partial charge in [0.15, 0.2) is 5.69 Å². The predicted molar refractivity (Wildman–Crippen MR) is 73.8 cm³/mol. The first-order valence-corrected chi connectivity index (χ1v) is 7.23. The van der Waals surface area contributed by atoms with Crippen molar-refractivity contribution in [2.75, 3.05) is 7.11 Å². The number of carbonyl (C=O) groups is 1. The van der Waals surface area contributed by atoms with Crippen molar-refractivity contribution in [3.05, 3.63) is 11.4 Å². The highest BCUT2D eigenvalue weighted by Gasteiger charge is 2.28. The first kappa shape index (κ1) is 15.0. The highest BCUT2D eigenvalue weighted by Crippen LogP contribution is 2.31. The summed E-state index contributed by atoms with van der Waals surface area (Å²) in [6, 6.07) is 0.197. The molecule has 0 saturated heterocycles. The fourth-order valence-corrected chi connectivity index (χ4v) is 2.91. The van der Waals surface area contributed by atoms with E-state index in [1.807, 2.05) is 4.68 Å². The van der Waals surface area contributed by atoms with Gasteiger partial charge < -0.3 is 9.84 Å². The van der Waals surface area contributed by atoms with E-state index in [1.165, 1.54) is 0 Å². The van der Waals surface area contributed by atoms with Gasteiger partial charge in [-0.25, -0.2) is 9.48 Å². The Hall–Kier alpha value is -1.43. The number of aromatic carboxylic acids is 1. The molecule has 6 nitrogen and oxygen atoms in total. The van der Waals surface area contributed by atoms with Crippen LogP contribution in [0.5, 0.6) is 0 Å². The molecule has 1 N–H and O–H groups in total. The number of rotatable bonds is 5. The third kappa shape index (κ3) is 3.17. The second kappa shape index (κ2) is 6.35. The molecule has 0 amide bonds. The summed E-state index contributed by atoms with van der Waals surface area (Å²) < 4.78 is 7.27. The zero-order chi connectivity index (χ0) is 14.7. The molecule has 2 rings (SSSR count). The molecule has 0 spiro atoms. The van der Waals surface area contributed by atoms with Gasteiger partial charge in [-0.1, -0.05) is 19.1 Å². The van der Waals surface area contributed by atoms with Gasteiger partial charge in [0.1, 0.15) is 0 Å². The van der Waals surface area contributed by atoms with Gasteiger partial charge in [-0.3, -0.25) is 0 Å². The van der Waals surface area contributed by atoms with Crippen LogP contribution in [0.3, 0.4) is 0 Å². The fourth-order valence-electron chi connectivity index (χ4n) is 2.91. The molecule has 20 heavy (non-hydrogen) atoms. The minimum atomic E-state index is -0.994. The number of hydrogen-bond acceptors (Lipinski definition) is 4. The van der Waals surface area contributed by atoms with Crippen LogP contribution in [0.4, 0.5) is 0 Å². The average molecular weight is 281 g/mol. The van der Waals surface area contributed by atoms with E-state index in [0.29, 0.717) is 12.3 Å². The normalized spacial score (nSPS) is 23.2. The Morgan fingerprint density at radius 2 is 2.25 bits per heavy atom. The molecular formula is C14H23N3O3. The Labute approximate surface area is 119 Å². The monoisotopic (exact) mass is 281 g/mol. The maximum atomic E-state index is 11.3. The minimum absolute atomic E-state index is 0.0956. The lowest BCUT2D eigenvalue weighted by Gasteiger charge is -2.29. The Morgan fingerprint density at radius 1 is 1.50 bits per heavy atom. The molecule has 1 aliphatic carbocycles. The van der Waals surface area contributed by atoms with E-state index >= 15 is 0 Å². The summed E-state index contributed by atoms with van der Waals surface area (Å²) in [5, 5.41) is 17.2. The van der Waals surface area contributed by atoms with Crippen molar-refractivity contribution in [1.29, 1.82) is 0 Å². The van der Waals surface area contributed by atoms with Gasteiger partial charge in [0.25, 0.3) is 0 Å². The summed E-state index contributed by atoms with van der Waals surface area (Å²) in [6.07, 6.45) is 4.94. The molecule has 1 aromatic heterocycles. The number of hydrogen-bond donors (Lipinski definition) is 1. The second-order valence-electron chi connectivity index (χ2n) is 5.91. The Bertz CT molecular complexity index is 470. The van der Waals surface area contributed by atoms with Gasteiger partial charge in [0.05, 0.1) is 17.8 Å². The van der Waals surface area contributed by atoms with Crippen LogP contribution in [-0.4, -0.2) is 39.3 Å². The molecule has 0 aliphatic heterocycles. The number of carboxylic acid groups (broad SMARTS) is 1. The maximum absolute atomic E-state index is 11.3. The molecule has 1 fully saturated rings. The summed E-state index contributed by atoms with van der Waals surface area (Å²) in [5.74, 6) is -0.627. The molecule has 112 valence electrons. The van der Waals surface area contributed by atoms with Crippen LogP contribution in [0, 0.1) is 5.92 Å². The van der Waals surface area contributed by atoms with Crippen molar-refractivity contribution in [2.45, 2.75) is 58.1 Å². The molecule has 1 aromatic rings. The van der Waals surface area contributed by atoms with Gasteiger partial charge >= 0.3 is 5.97 Å². The van der Waals surface area contributed by atoms with Gasteiger partial charge in [-0.05, 0) is 38.0 Å². The average Bonchev–Trinajstić information content (AvgIpc) is 2.81. The van der Waals surface area contributed by atoms with E-state index in [4.69, 9.17) is 4.74 Å². The van der Waals surface area contributed by atoms with Crippen molar-refractivity contribution in [3.63, 3.8) is 0 Å². The molecule has 1 saturated carbocycles. The van der Waals surface area contributed by atoms with Crippen LogP contribution in [0.25, 0.3) is 0 Å². The van der Waals surface area contributed by atoms with E-state index in [1.54, 1.807) is 7.11 Å². The standard InChI is InChI=1S/C14H23N3O3/c1-9(2)7-12-13(14(18)19)15-16-17(12)10-5-4-6-11(8-10)20-3/h9-11H,4-8H2,1-3H3,(H,18,19). The largest absolute Gasteiger partial charge is 0.476 e. The lowest BCUT2D eigenvalue weighted by Crippen LogP contribution is -2.26. The predicted octanol–water partition coefficient (Wildman–Crippen LogP) is 2.30. The highest BCUT2D eigenvalue weighted by atomic mass is 16.5. The topological polar surface area (TPSA) is 77.2 Å². The zero-order valence-electron chi connectivity index (χ0n) is 12.4. The zero-order valence-corrected chi connectivity index (χ0v) is 12.4. The van der Waals surface area contributed by atoms with Crippen LogP contribution >= 0.6 is 0 Å². The van der Waals surface area contributed by atoms with Gasteiger partial charge in [0.2, 0.25) is 0 Å². The first-order valence-electron chi connectivity index (χ1n) is 7.23. The Balaban J connectivity index is 2.28. The van der Waals surface area contributed by atoms with Crippen LogP contribution in [0.1, 0.15) is 61.8 Å². The third-order valence-electron chi connectivity index (χ3n) is 3.87. The number of ether oxygens (including phenoxy) is 1. The fraction of sp³-hybridized carbons (Fsp3) is 0.786. The van der Waals surface area contributed by atoms with Crippen molar-refractivity contribution in [1.82, 2.24) is 15.0 Å². The number of nitrogens with zero attached hydrogens (tertiary/aromatic N) is 3. The van der Waals surface area contributed by atoms with Gasteiger partial charge in [0, 0.05) is 7.11 Å². The van der Waals surface area contributed by atoms with Crippen LogP contribution < -0.4 is 0 Å². The molecule has 1 aliphatic rings. The third-order valence-corrected chi connectivity index (χ3v) is 3.87. The highest BCUT2D eigenvalue weighted by molar-refractivity contribution is 5.86. The van der Waals surface area contributed by atoms with Crippen molar-refractivity contribution in [3.8, 4) is 0 Å².